The van der Waals surface area contributed by atoms with Gasteiger partial charge in [0.15, 0.2) is 11.6 Å². The molecule has 0 spiro atoms. The van der Waals surface area contributed by atoms with E-state index < -0.39 is 0 Å². The molecule has 0 aliphatic heterocycles. The van der Waals surface area contributed by atoms with E-state index in [4.69, 9.17) is 4.74 Å². The second-order valence-corrected chi connectivity index (χ2v) is 4.23. The summed E-state index contributed by atoms with van der Waals surface area (Å²) >= 11 is 0. The van der Waals surface area contributed by atoms with Crippen molar-refractivity contribution >= 4 is 17.5 Å². The van der Waals surface area contributed by atoms with Crippen LogP contribution in [0.2, 0.25) is 0 Å². The van der Waals surface area contributed by atoms with Crippen LogP contribution >= 0.6 is 0 Å². The van der Waals surface area contributed by atoms with Crippen LogP contribution in [0.5, 0.6) is 5.75 Å². The molecule has 1 aromatic rings. The molecule has 112 valence electrons. The van der Waals surface area contributed by atoms with Crippen LogP contribution in [0.4, 0.5) is 11.6 Å². The molecule has 0 fully saturated rings. The maximum absolute atomic E-state index is 11.6. The van der Waals surface area contributed by atoms with Crippen LogP contribution in [-0.2, 0) is 4.79 Å². The maximum atomic E-state index is 11.6. The van der Waals surface area contributed by atoms with Gasteiger partial charge in [-0.1, -0.05) is 13.8 Å². The van der Waals surface area contributed by atoms with Gasteiger partial charge in [-0.25, -0.2) is 9.97 Å². The number of hydrogen-bond acceptors (Lipinski definition) is 6. The molecular weight excluding hydrogens is 258 g/mol. The van der Waals surface area contributed by atoms with E-state index in [9.17, 15) is 4.79 Å². The van der Waals surface area contributed by atoms with Crippen molar-refractivity contribution in [1.82, 2.24) is 15.3 Å². The van der Waals surface area contributed by atoms with Crippen molar-refractivity contribution in [2.75, 3.05) is 37.4 Å². The zero-order chi connectivity index (χ0) is 14.8. The average molecular weight is 281 g/mol. The number of aromatic nitrogens is 2. The fraction of sp³-hybridized carbons (Fsp3) is 0.615. The fourth-order valence-corrected chi connectivity index (χ4v) is 1.55. The third kappa shape index (κ3) is 4.91. The second-order valence-electron chi connectivity index (χ2n) is 4.23. The van der Waals surface area contributed by atoms with Crippen molar-refractivity contribution in [3.63, 3.8) is 0 Å². The molecule has 1 rings (SSSR count). The lowest BCUT2D eigenvalue weighted by atomic mass is 10.4. The number of nitrogens with zero attached hydrogens (tertiary/aromatic N) is 2. The number of carbonyl (C=O) groups is 1. The highest BCUT2D eigenvalue weighted by Crippen LogP contribution is 2.28. The maximum Gasteiger partial charge on any atom is 0.239 e. The minimum atomic E-state index is -0.0735. The van der Waals surface area contributed by atoms with Crippen LogP contribution in [0, 0.1) is 0 Å². The van der Waals surface area contributed by atoms with E-state index in [2.05, 4.69) is 32.8 Å². The molecule has 0 bridgehead atoms. The number of hydrogen-bond donors (Lipinski definition) is 3. The van der Waals surface area contributed by atoms with Crippen molar-refractivity contribution in [1.29, 1.82) is 0 Å². The zero-order valence-electron chi connectivity index (χ0n) is 12.3. The minimum Gasteiger partial charge on any atom is -0.490 e. The van der Waals surface area contributed by atoms with Crippen LogP contribution in [0.3, 0.4) is 0 Å². The van der Waals surface area contributed by atoms with Crippen molar-refractivity contribution < 1.29 is 9.53 Å². The Kier molecular flexibility index (Phi) is 7.16. The molecule has 0 saturated carbocycles. The average Bonchev–Trinajstić information content (AvgIpc) is 2.48. The molecular formula is C13H23N5O2. The van der Waals surface area contributed by atoms with Gasteiger partial charge >= 0.3 is 0 Å². The van der Waals surface area contributed by atoms with Gasteiger partial charge in [0.1, 0.15) is 6.33 Å². The van der Waals surface area contributed by atoms with Gasteiger partial charge in [-0.2, -0.15) is 0 Å². The first-order chi connectivity index (χ1) is 9.72. The standard InChI is InChI=1S/C13H23N5O2/c1-4-6-14-10(19)8-16-13-11(20-3)12(15-7-5-2)17-9-18-13/h9H,4-8H2,1-3H3,(H,14,19)(H2,15,16,17,18). The first-order valence-corrected chi connectivity index (χ1v) is 6.86. The Balaban J connectivity index is 2.66. The summed E-state index contributed by atoms with van der Waals surface area (Å²) in [6, 6.07) is 0. The molecule has 0 saturated heterocycles. The second kappa shape index (κ2) is 8.95. The number of nitrogens with one attached hydrogen (secondary N) is 3. The van der Waals surface area contributed by atoms with E-state index in [0.717, 1.165) is 19.4 Å². The van der Waals surface area contributed by atoms with E-state index in [1.165, 1.54) is 6.33 Å². The predicted molar refractivity (Wildman–Crippen MR) is 79.2 cm³/mol. The van der Waals surface area contributed by atoms with E-state index in [-0.39, 0.29) is 12.5 Å². The highest BCUT2D eigenvalue weighted by molar-refractivity contribution is 5.81. The summed E-state index contributed by atoms with van der Waals surface area (Å²) in [5, 5.41) is 8.91. The van der Waals surface area contributed by atoms with Crippen LogP contribution in [-0.4, -0.2) is 42.6 Å². The Bertz CT molecular complexity index is 425. The van der Waals surface area contributed by atoms with E-state index in [1.54, 1.807) is 7.11 Å². The Labute approximate surface area is 119 Å². The van der Waals surface area contributed by atoms with E-state index >= 15 is 0 Å². The normalized spacial score (nSPS) is 9.95. The molecule has 0 atom stereocenters. The molecule has 0 aliphatic carbocycles. The number of methoxy groups -OCH3 is 1. The van der Waals surface area contributed by atoms with Gasteiger partial charge in [-0.15, -0.1) is 0 Å². The van der Waals surface area contributed by atoms with Crippen molar-refractivity contribution in [2.24, 2.45) is 0 Å². The van der Waals surface area contributed by atoms with Gasteiger partial charge in [0.2, 0.25) is 11.7 Å². The molecule has 7 nitrogen and oxygen atoms in total. The lowest BCUT2D eigenvalue weighted by molar-refractivity contribution is -0.119. The number of rotatable bonds is 9. The topological polar surface area (TPSA) is 88.2 Å². The SMILES string of the molecule is CCCNC(=O)CNc1ncnc(NCCC)c1OC. The van der Waals surface area contributed by atoms with Crippen molar-refractivity contribution in [2.45, 2.75) is 26.7 Å². The largest absolute Gasteiger partial charge is 0.490 e. The van der Waals surface area contributed by atoms with Crippen LogP contribution in [0.1, 0.15) is 26.7 Å². The smallest absolute Gasteiger partial charge is 0.239 e. The predicted octanol–water partition coefficient (Wildman–Crippen LogP) is 1.25. The molecule has 0 aromatic carbocycles. The number of anilines is 2. The summed E-state index contributed by atoms with van der Waals surface area (Å²) in [4.78, 5) is 19.8. The minimum absolute atomic E-state index is 0.0735. The molecule has 20 heavy (non-hydrogen) atoms. The Morgan fingerprint density at radius 3 is 2.40 bits per heavy atom. The van der Waals surface area contributed by atoms with Crippen LogP contribution < -0.4 is 20.7 Å². The number of ether oxygens (including phenoxy) is 1. The fourth-order valence-electron chi connectivity index (χ4n) is 1.55. The lowest BCUT2D eigenvalue weighted by Gasteiger charge is -2.13. The first kappa shape index (κ1) is 16.0. The summed E-state index contributed by atoms with van der Waals surface area (Å²) in [5.74, 6) is 1.58. The summed E-state index contributed by atoms with van der Waals surface area (Å²) in [6.45, 7) is 5.69. The lowest BCUT2D eigenvalue weighted by Crippen LogP contribution is -2.30. The summed E-state index contributed by atoms with van der Waals surface area (Å²) < 4.78 is 5.31. The Morgan fingerprint density at radius 2 is 1.80 bits per heavy atom. The van der Waals surface area contributed by atoms with Gasteiger partial charge in [0, 0.05) is 13.1 Å². The summed E-state index contributed by atoms with van der Waals surface area (Å²) in [6.07, 6.45) is 3.33. The molecule has 0 unspecified atom stereocenters. The Hall–Kier alpha value is -2.05. The van der Waals surface area contributed by atoms with Gasteiger partial charge in [0.25, 0.3) is 0 Å². The van der Waals surface area contributed by atoms with Gasteiger partial charge in [-0.05, 0) is 12.8 Å². The van der Waals surface area contributed by atoms with Crippen LogP contribution in [0.25, 0.3) is 0 Å². The number of carbonyl (C=O) groups excluding carboxylic acids is 1. The molecule has 1 aromatic heterocycles. The van der Waals surface area contributed by atoms with Gasteiger partial charge in [-0.3, -0.25) is 4.79 Å². The highest BCUT2D eigenvalue weighted by Gasteiger charge is 2.12. The molecule has 0 aliphatic rings. The molecule has 3 N–H and O–H groups in total. The van der Waals surface area contributed by atoms with Gasteiger partial charge < -0.3 is 20.7 Å². The summed E-state index contributed by atoms with van der Waals surface area (Å²) in [5.41, 5.74) is 0. The molecule has 0 radical (unpaired) electrons. The third-order valence-corrected chi connectivity index (χ3v) is 2.54. The molecule has 1 amide bonds. The van der Waals surface area contributed by atoms with Crippen molar-refractivity contribution in [3.8, 4) is 5.75 Å². The number of amides is 1. The first-order valence-electron chi connectivity index (χ1n) is 6.86. The molecule has 7 heteroatoms. The van der Waals surface area contributed by atoms with Gasteiger partial charge in [0.05, 0.1) is 13.7 Å². The third-order valence-electron chi connectivity index (χ3n) is 2.54. The highest BCUT2D eigenvalue weighted by atomic mass is 16.5. The van der Waals surface area contributed by atoms with Crippen LogP contribution in [0.15, 0.2) is 6.33 Å². The molecule has 1 heterocycles. The van der Waals surface area contributed by atoms with Crippen molar-refractivity contribution in [3.05, 3.63) is 6.33 Å². The van der Waals surface area contributed by atoms with E-state index in [0.29, 0.717) is 23.9 Å². The summed E-state index contributed by atoms with van der Waals surface area (Å²) in [7, 11) is 1.55. The van der Waals surface area contributed by atoms with E-state index in [1.807, 2.05) is 6.92 Å². The zero-order valence-corrected chi connectivity index (χ0v) is 12.3. The monoisotopic (exact) mass is 281 g/mol. The quantitative estimate of drug-likeness (QED) is 0.631. The Morgan fingerprint density at radius 1 is 1.15 bits per heavy atom.